The van der Waals surface area contributed by atoms with E-state index in [0.29, 0.717) is 0 Å². The number of aromatic nitrogens is 3. The van der Waals surface area contributed by atoms with Gasteiger partial charge in [0, 0.05) is 0 Å². The molecule has 4 nitrogen and oxygen atoms in total. The van der Waals surface area contributed by atoms with E-state index in [1.807, 2.05) is 0 Å². The Morgan fingerprint density at radius 3 is 2.93 bits per heavy atom. The van der Waals surface area contributed by atoms with Crippen LogP contribution in [0.25, 0.3) is 5.76 Å². The molecule has 1 rings (SSSR count). The van der Waals surface area contributed by atoms with Gasteiger partial charge in [0.2, 0.25) is 0 Å². The van der Waals surface area contributed by atoms with Gasteiger partial charge in [-0.3, -0.25) is 5.10 Å². The average molecular weight is 209 g/mol. The van der Waals surface area contributed by atoms with Gasteiger partial charge in [-0.1, -0.05) is 31.4 Å². The van der Waals surface area contributed by atoms with Gasteiger partial charge in [-0.25, -0.2) is 0 Å². The number of methoxy groups -OCH3 is 1. The lowest BCUT2D eigenvalue weighted by Gasteiger charge is -2.01. The van der Waals surface area contributed by atoms with Crippen molar-refractivity contribution in [3.63, 3.8) is 0 Å². The Kier molecular flexibility index (Phi) is 5.51. The summed E-state index contributed by atoms with van der Waals surface area (Å²) in [4.78, 5) is 0. The van der Waals surface area contributed by atoms with Gasteiger partial charge in [-0.05, 0) is 18.9 Å². The van der Waals surface area contributed by atoms with E-state index < -0.39 is 0 Å². The van der Waals surface area contributed by atoms with Crippen molar-refractivity contribution in [3.8, 4) is 0 Å². The van der Waals surface area contributed by atoms with Gasteiger partial charge in [0.15, 0.2) is 0 Å². The van der Waals surface area contributed by atoms with Crippen LogP contribution < -0.4 is 0 Å². The van der Waals surface area contributed by atoms with Gasteiger partial charge in [0.05, 0.1) is 13.3 Å². The topological polar surface area (TPSA) is 50.8 Å². The summed E-state index contributed by atoms with van der Waals surface area (Å²) in [6.07, 6.45) is 9.91. The van der Waals surface area contributed by atoms with Gasteiger partial charge >= 0.3 is 0 Å². The minimum Gasteiger partial charge on any atom is -0.495 e. The number of H-pyrrole nitrogens is 1. The molecule has 0 aromatic carbocycles. The molecule has 15 heavy (non-hydrogen) atoms. The molecule has 84 valence electrons. The first-order valence-corrected chi connectivity index (χ1v) is 5.49. The van der Waals surface area contributed by atoms with E-state index >= 15 is 0 Å². The lowest BCUT2D eigenvalue weighted by molar-refractivity contribution is 0.366. The Hall–Kier alpha value is -1.32. The summed E-state index contributed by atoms with van der Waals surface area (Å²) in [5, 5.41) is 10.2. The van der Waals surface area contributed by atoms with E-state index in [-0.39, 0.29) is 0 Å². The molecule has 0 saturated heterocycles. The van der Waals surface area contributed by atoms with Gasteiger partial charge in [-0.15, -0.1) is 5.10 Å². The fraction of sp³-hybridized carbons (Fsp3) is 0.636. The van der Waals surface area contributed by atoms with Crippen LogP contribution in [0, 0.1) is 0 Å². The number of allylic oxidation sites excluding steroid dienone is 1. The highest BCUT2D eigenvalue weighted by Crippen LogP contribution is 2.13. The molecule has 0 saturated carbocycles. The predicted octanol–water partition coefficient (Wildman–Crippen LogP) is 2.76. The Bertz CT molecular complexity index is 280. The minimum absolute atomic E-state index is 0.771. The van der Waals surface area contributed by atoms with Crippen molar-refractivity contribution >= 4 is 5.76 Å². The highest BCUT2D eigenvalue weighted by atomic mass is 16.5. The van der Waals surface area contributed by atoms with Crippen LogP contribution in [0.3, 0.4) is 0 Å². The first-order chi connectivity index (χ1) is 7.38. The summed E-state index contributed by atoms with van der Waals surface area (Å²) in [5.41, 5.74) is 0.771. The quantitative estimate of drug-likeness (QED) is 0.555. The molecular formula is C11H19N3O. The smallest absolute Gasteiger partial charge is 0.147 e. The fourth-order valence-electron chi connectivity index (χ4n) is 1.42. The molecule has 1 heterocycles. The van der Waals surface area contributed by atoms with Crippen LogP contribution in [-0.4, -0.2) is 22.5 Å². The molecular weight excluding hydrogens is 190 g/mol. The van der Waals surface area contributed by atoms with Gasteiger partial charge in [0.25, 0.3) is 0 Å². The van der Waals surface area contributed by atoms with E-state index in [0.717, 1.165) is 17.9 Å². The number of nitrogens with one attached hydrogen (secondary N) is 1. The van der Waals surface area contributed by atoms with Crippen molar-refractivity contribution < 1.29 is 4.74 Å². The lowest BCUT2D eigenvalue weighted by Crippen LogP contribution is -1.88. The maximum atomic E-state index is 5.24. The summed E-state index contributed by atoms with van der Waals surface area (Å²) < 4.78 is 5.24. The standard InChI is InChI=1S/C11H19N3O/c1-3-4-5-6-7-8-11(15-2)10-9-12-14-13-10/h8-9H,3-7H2,1-2H3,(H,12,13,14). The van der Waals surface area contributed by atoms with Crippen LogP contribution in [0.1, 0.15) is 44.7 Å². The maximum Gasteiger partial charge on any atom is 0.147 e. The molecule has 0 fully saturated rings. The van der Waals surface area contributed by atoms with Gasteiger partial charge in [-0.2, -0.15) is 0 Å². The first-order valence-electron chi connectivity index (χ1n) is 5.49. The van der Waals surface area contributed by atoms with Crippen LogP contribution in [0.4, 0.5) is 0 Å². The zero-order chi connectivity index (χ0) is 10.9. The highest BCUT2D eigenvalue weighted by Gasteiger charge is 2.02. The van der Waals surface area contributed by atoms with Gasteiger partial charge < -0.3 is 4.74 Å². The van der Waals surface area contributed by atoms with Crippen molar-refractivity contribution in [1.29, 1.82) is 0 Å². The number of nitrogens with zero attached hydrogens (tertiary/aromatic N) is 2. The third-order valence-corrected chi connectivity index (χ3v) is 2.28. The molecule has 0 aliphatic rings. The second-order valence-corrected chi connectivity index (χ2v) is 3.48. The predicted molar refractivity (Wildman–Crippen MR) is 60.1 cm³/mol. The highest BCUT2D eigenvalue weighted by molar-refractivity contribution is 5.54. The van der Waals surface area contributed by atoms with Crippen molar-refractivity contribution in [3.05, 3.63) is 18.0 Å². The zero-order valence-electron chi connectivity index (χ0n) is 9.49. The zero-order valence-corrected chi connectivity index (χ0v) is 9.49. The van der Waals surface area contributed by atoms with E-state index in [1.165, 1.54) is 25.7 Å². The summed E-state index contributed by atoms with van der Waals surface area (Å²) in [5.74, 6) is 0.806. The van der Waals surface area contributed by atoms with Crippen molar-refractivity contribution in [2.24, 2.45) is 0 Å². The number of ether oxygens (including phenoxy) is 1. The molecule has 0 unspecified atom stereocenters. The number of hydrogen-bond donors (Lipinski definition) is 1. The summed E-state index contributed by atoms with van der Waals surface area (Å²) >= 11 is 0. The molecule has 0 atom stereocenters. The van der Waals surface area contributed by atoms with E-state index in [2.05, 4.69) is 28.4 Å². The van der Waals surface area contributed by atoms with Crippen LogP contribution in [0.15, 0.2) is 12.3 Å². The van der Waals surface area contributed by atoms with Crippen LogP contribution in [-0.2, 0) is 4.74 Å². The van der Waals surface area contributed by atoms with Crippen LogP contribution >= 0.6 is 0 Å². The van der Waals surface area contributed by atoms with E-state index in [4.69, 9.17) is 4.74 Å². The molecule has 0 aliphatic carbocycles. The molecule has 1 aromatic heterocycles. The number of unbranched alkanes of at least 4 members (excludes halogenated alkanes) is 4. The van der Waals surface area contributed by atoms with Crippen molar-refractivity contribution in [1.82, 2.24) is 15.4 Å². The average Bonchev–Trinajstić information content (AvgIpc) is 2.77. The minimum atomic E-state index is 0.771. The molecule has 0 aliphatic heterocycles. The SMILES string of the molecule is CCCCCCC=C(OC)c1c[nH]nn1. The van der Waals surface area contributed by atoms with E-state index in [1.54, 1.807) is 13.3 Å². The normalized spacial score (nSPS) is 11.7. The number of rotatable bonds is 7. The first kappa shape index (κ1) is 11.8. The molecule has 4 heteroatoms. The lowest BCUT2D eigenvalue weighted by atomic mass is 10.1. The summed E-state index contributed by atoms with van der Waals surface area (Å²) in [6.45, 7) is 2.21. The van der Waals surface area contributed by atoms with Crippen molar-refractivity contribution in [2.45, 2.75) is 39.0 Å². The van der Waals surface area contributed by atoms with E-state index in [9.17, 15) is 0 Å². The fourth-order valence-corrected chi connectivity index (χ4v) is 1.42. The number of aromatic amines is 1. The second-order valence-electron chi connectivity index (χ2n) is 3.48. The molecule has 0 amide bonds. The third-order valence-electron chi connectivity index (χ3n) is 2.28. The monoisotopic (exact) mass is 209 g/mol. The summed E-state index contributed by atoms with van der Waals surface area (Å²) in [6, 6.07) is 0. The van der Waals surface area contributed by atoms with Crippen molar-refractivity contribution in [2.75, 3.05) is 7.11 Å². The third kappa shape index (κ3) is 4.14. The maximum absolute atomic E-state index is 5.24. The molecule has 0 spiro atoms. The largest absolute Gasteiger partial charge is 0.495 e. The summed E-state index contributed by atoms with van der Waals surface area (Å²) in [7, 11) is 1.66. The Balaban J connectivity index is 2.35. The Morgan fingerprint density at radius 1 is 1.47 bits per heavy atom. The molecule has 1 N–H and O–H groups in total. The Morgan fingerprint density at radius 2 is 2.33 bits per heavy atom. The van der Waals surface area contributed by atoms with Crippen LogP contribution in [0.2, 0.25) is 0 Å². The van der Waals surface area contributed by atoms with Crippen LogP contribution in [0.5, 0.6) is 0 Å². The second kappa shape index (κ2) is 7.04. The Labute approximate surface area is 90.7 Å². The molecule has 0 radical (unpaired) electrons. The molecule has 0 bridgehead atoms. The van der Waals surface area contributed by atoms with Gasteiger partial charge in [0.1, 0.15) is 11.5 Å². The molecule has 1 aromatic rings. The number of hydrogen-bond acceptors (Lipinski definition) is 3.